The first-order valence-corrected chi connectivity index (χ1v) is 36.5. The SMILES string of the molecule is CCOC(=O)Cc1ccccc1OCc1cc(-c2cccc(CN)c2F)c2sccc2c1.CCOC(=O)Cc1ccccc1OCc1cc(OS(C)(=O)=O)c2sccc2c1.Cl.NCc1cccc(-c2cc(COc3ccccc3CC(=O)O)cc3ccsc23)c1F.NCc1cccc(B(O)O)c1F.[Li+].[OH-]. The van der Waals surface area contributed by atoms with Gasteiger partial charge in [0.25, 0.3) is 0 Å². The van der Waals surface area contributed by atoms with Gasteiger partial charge < -0.3 is 65.7 Å². The first kappa shape index (κ1) is 84.9. The molecule has 0 fully saturated rings. The van der Waals surface area contributed by atoms with Crippen molar-refractivity contribution < 1.29 is 103 Å². The average molecular weight is 1520 g/mol. The molecular weight excluding hydrogens is 1450 g/mol. The number of esters is 2. The molecule has 18 nitrogen and oxygen atoms in total. The number of para-hydroxylation sites is 3. The van der Waals surface area contributed by atoms with E-state index in [-0.39, 0.29) is 136 Å². The van der Waals surface area contributed by atoms with E-state index in [1.807, 2.05) is 125 Å². The van der Waals surface area contributed by atoms with Crippen molar-refractivity contribution in [2.75, 3.05) is 19.5 Å². The number of fused-ring (bicyclic) bond motifs is 3. The summed E-state index contributed by atoms with van der Waals surface area (Å²) in [6, 6.07) is 54.1. The van der Waals surface area contributed by atoms with Crippen molar-refractivity contribution in [2.45, 2.75) is 72.6 Å². The molecule has 0 radical (unpaired) electrons. The van der Waals surface area contributed by atoms with Gasteiger partial charge in [-0.15, -0.1) is 46.4 Å². The van der Waals surface area contributed by atoms with Gasteiger partial charge in [-0.25, -0.2) is 13.2 Å². The van der Waals surface area contributed by atoms with Gasteiger partial charge in [-0.2, -0.15) is 8.42 Å². The molecule has 3 heterocycles. The summed E-state index contributed by atoms with van der Waals surface area (Å²) in [6.07, 6.45) is 1.18. The maximum absolute atomic E-state index is 15.1. The Labute approximate surface area is 636 Å². The fraction of sp³-hybridized carbons (Fsp3) is 0.182. The van der Waals surface area contributed by atoms with Gasteiger partial charge in [0.05, 0.1) is 43.4 Å². The molecule has 10 N–H and O–H groups in total. The van der Waals surface area contributed by atoms with Crippen LogP contribution >= 0.6 is 46.4 Å². The van der Waals surface area contributed by atoms with E-state index in [2.05, 4.69) is 0 Å². The van der Waals surface area contributed by atoms with Gasteiger partial charge >= 0.3 is 54.0 Å². The summed E-state index contributed by atoms with van der Waals surface area (Å²) in [5, 5.41) is 35.3. The number of benzene rings is 9. The van der Waals surface area contributed by atoms with Crippen molar-refractivity contribution in [2.24, 2.45) is 17.2 Å². The Kier molecular flexibility index (Phi) is 33.1. The smallest absolute Gasteiger partial charge is 0.870 e. The van der Waals surface area contributed by atoms with Gasteiger partial charge in [-0.3, -0.25) is 14.4 Å². The third kappa shape index (κ3) is 23.2. The number of thiophene rings is 3. The van der Waals surface area contributed by atoms with E-state index in [4.69, 9.17) is 60.2 Å². The summed E-state index contributed by atoms with van der Waals surface area (Å²) >= 11 is 4.55. The number of carboxylic acid groups (broad SMARTS) is 1. The van der Waals surface area contributed by atoms with Crippen LogP contribution < -0.4 is 59.9 Å². The van der Waals surface area contributed by atoms with E-state index in [1.54, 1.807) is 91.1 Å². The number of ether oxygens (including phenoxy) is 5. The van der Waals surface area contributed by atoms with Crippen molar-refractivity contribution in [3.05, 3.63) is 266 Å². The molecule has 544 valence electrons. The molecule has 0 aliphatic rings. The summed E-state index contributed by atoms with van der Waals surface area (Å²) in [4.78, 5) is 34.8. The maximum Gasteiger partial charge on any atom is 1.00 e. The van der Waals surface area contributed by atoms with Crippen LogP contribution in [0.25, 0.3) is 52.5 Å². The molecule has 0 saturated carbocycles. The molecule has 0 aliphatic heterocycles. The Morgan fingerprint density at radius 1 is 0.457 bits per heavy atom. The van der Waals surface area contributed by atoms with Crippen molar-refractivity contribution in [1.82, 2.24) is 0 Å². The van der Waals surface area contributed by atoms with Crippen LogP contribution in [0, 0.1) is 17.5 Å². The van der Waals surface area contributed by atoms with E-state index in [1.165, 1.54) is 29.5 Å². The summed E-state index contributed by atoms with van der Waals surface area (Å²) < 4.78 is 102. The predicted molar refractivity (Wildman–Crippen MR) is 405 cm³/mol. The minimum atomic E-state index is -3.64. The zero-order valence-electron chi connectivity index (χ0n) is 57.6. The molecule has 0 saturated heterocycles. The third-order valence-electron chi connectivity index (χ3n) is 15.5. The Morgan fingerprint density at radius 3 is 1.19 bits per heavy atom. The van der Waals surface area contributed by atoms with E-state index in [9.17, 15) is 31.6 Å². The molecular formula is C77H75BClF3LiN3O15S4. The second-order valence-corrected chi connectivity index (χ2v) is 27.1. The molecule has 0 spiro atoms. The number of rotatable bonds is 25. The van der Waals surface area contributed by atoms with E-state index in [0.717, 1.165) is 75.5 Å². The van der Waals surface area contributed by atoms with E-state index < -0.39 is 29.0 Å². The number of nitrogens with two attached hydrogens (primary N) is 3. The normalized spacial score (nSPS) is 10.7. The first-order chi connectivity index (χ1) is 49.2. The number of halogens is 4. The summed E-state index contributed by atoms with van der Waals surface area (Å²) in [5.74, 6) is -0.741. The van der Waals surface area contributed by atoms with Gasteiger partial charge in [-0.05, 0) is 136 Å². The minimum absolute atomic E-state index is 0. The average Bonchev–Trinajstić information content (AvgIpc) is 1.78. The van der Waals surface area contributed by atoms with E-state index >= 15 is 4.39 Å². The van der Waals surface area contributed by atoms with Crippen LogP contribution in [-0.4, -0.2) is 73.5 Å². The maximum atomic E-state index is 15.1. The number of hydrogen-bond donors (Lipinski definition) is 6. The van der Waals surface area contributed by atoms with Crippen LogP contribution in [0.15, 0.2) is 198 Å². The number of carbonyl (C=O) groups excluding carboxylic acids is 2. The Bertz CT molecular complexity index is 5030. The minimum Gasteiger partial charge on any atom is -0.870 e. The second kappa shape index (κ2) is 41.0. The predicted octanol–water partition coefficient (Wildman–Crippen LogP) is 11.4. The Morgan fingerprint density at radius 2 is 0.810 bits per heavy atom. The molecule has 0 amide bonds. The number of hydrogen-bond acceptors (Lipinski definition) is 20. The van der Waals surface area contributed by atoms with Crippen LogP contribution in [0.4, 0.5) is 13.2 Å². The van der Waals surface area contributed by atoms with Crippen LogP contribution in [0.5, 0.6) is 23.0 Å². The molecule has 0 unspecified atom stereocenters. The summed E-state index contributed by atoms with van der Waals surface area (Å²) in [6.45, 7) is 5.27. The summed E-state index contributed by atoms with van der Waals surface area (Å²) in [5.41, 5.74) is 25.0. The number of aliphatic carboxylic acids is 1. The van der Waals surface area contributed by atoms with Gasteiger partial charge in [0, 0.05) is 90.1 Å². The Hall–Kier alpha value is -9.08. The van der Waals surface area contributed by atoms with Gasteiger partial charge in [0.1, 0.15) is 54.5 Å². The molecule has 0 aliphatic carbocycles. The van der Waals surface area contributed by atoms with Crippen LogP contribution in [0.2, 0.25) is 0 Å². The van der Waals surface area contributed by atoms with Gasteiger partial charge in [-0.1, -0.05) is 109 Å². The van der Waals surface area contributed by atoms with Crippen LogP contribution in [0.3, 0.4) is 0 Å². The molecule has 9 aromatic carbocycles. The molecule has 12 aromatic rings. The van der Waals surface area contributed by atoms with Gasteiger partial charge in [0.15, 0.2) is 5.75 Å². The fourth-order valence-electron chi connectivity index (χ4n) is 10.9. The van der Waals surface area contributed by atoms with Crippen molar-refractivity contribution in [3.8, 4) is 45.3 Å². The van der Waals surface area contributed by atoms with Gasteiger partial charge in [0.2, 0.25) is 0 Å². The fourth-order valence-corrected chi connectivity index (χ4v) is 14.0. The molecule has 0 bridgehead atoms. The van der Waals surface area contributed by atoms with Crippen LogP contribution in [0.1, 0.15) is 63.9 Å². The van der Waals surface area contributed by atoms with Crippen LogP contribution in [-0.2, 0) is 92.7 Å². The third-order valence-corrected chi connectivity index (χ3v) is 18.9. The number of carbonyl (C=O) groups is 3. The van der Waals surface area contributed by atoms with Crippen molar-refractivity contribution in [1.29, 1.82) is 0 Å². The zero-order chi connectivity index (χ0) is 72.9. The van der Waals surface area contributed by atoms with Crippen molar-refractivity contribution in [3.63, 3.8) is 0 Å². The topological polar surface area (TPSA) is 309 Å². The first-order valence-electron chi connectivity index (χ1n) is 32.0. The molecule has 3 aromatic heterocycles. The zero-order valence-corrected chi connectivity index (χ0v) is 61.7. The van der Waals surface area contributed by atoms with E-state index in [0.29, 0.717) is 58.3 Å². The molecule has 12 rings (SSSR count). The largest absolute Gasteiger partial charge is 1.00 e. The summed E-state index contributed by atoms with van der Waals surface area (Å²) in [7, 11) is -5.42. The quantitative estimate of drug-likeness (QED) is 0.0176. The molecule has 28 heteroatoms. The Balaban J connectivity index is 0.000000226. The standard InChI is InChI=1S/C26H24FNO3S.C24H20FNO3S.C20H20O6S2.C7H9BFNO2.ClH.Li.H2O/c1-2-30-24(29)14-18-6-3-4-9-23(18)31-16-17-12-19-10-11-32-26(19)22(13-17)21-8-5-7-20(15-28)25(21)27;25-23-18(13-26)5-3-6-19(23)20-11-15(10-17-8-9-30-24(17)20)14-29-21-7-2-1-4-16(21)12-22(27)28;1-3-24-19(21)12-15-6-4-5-7-17(15)25-13-14-10-16-8-9-27-20(16)18(11-14)26-28(2,22)23;9-7-5(4-10)2-1-3-6(7)8(11)12;;;/h3-13H,2,14-16,28H2,1H3;1-11H,12-14,26H2,(H,27,28);4-11H,3,12-13H2,1-2H3;1-3,11-12H,4,10H2;1H;;1H2/q;;;;;+1;/p-1. The van der Waals surface area contributed by atoms with Crippen molar-refractivity contribution >= 4 is 117 Å². The second-order valence-electron chi connectivity index (χ2n) is 22.8. The number of carboxylic acids is 1. The monoisotopic (exact) mass is 1520 g/mol. The molecule has 105 heavy (non-hydrogen) atoms. The molecule has 0 atom stereocenters.